The van der Waals surface area contributed by atoms with E-state index in [9.17, 15) is 9.90 Å². The van der Waals surface area contributed by atoms with Crippen LogP contribution in [0.4, 0.5) is 0 Å². The average molecular weight is 297 g/mol. The van der Waals surface area contributed by atoms with Gasteiger partial charge in [0.2, 0.25) is 0 Å². The predicted molar refractivity (Wildman–Crippen MR) is 86.0 cm³/mol. The number of thiophene rings is 1. The van der Waals surface area contributed by atoms with Crippen LogP contribution in [0.1, 0.15) is 15.9 Å². The summed E-state index contributed by atoms with van der Waals surface area (Å²) in [5.74, 6) is 0.221. The van der Waals surface area contributed by atoms with E-state index in [1.54, 1.807) is 23.5 Å². The molecule has 0 aliphatic heterocycles. The van der Waals surface area contributed by atoms with Gasteiger partial charge in [0.1, 0.15) is 5.75 Å². The highest BCUT2D eigenvalue weighted by Gasteiger charge is 2.11. The Balaban J connectivity index is 1.63. The van der Waals surface area contributed by atoms with Crippen molar-refractivity contribution in [2.45, 2.75) is 6.42 Å². The Kier molecular flexibility index (Phi) is 3.88. The summed E-state index contributed by atoms with van der Waals surface area (Å²) < 4.78 is 1.13. The molecule has 0 bridgehead atoms. The second-order valence-electron chi connectivity index (χ2n) is 4.82. The van der Waals surface area contributed by atoms with Gasteiger partial charge in [0.25, 0.3) is 5.91 Å². The van der Waals surface area contributed by atoms with Crippen molar-refractivity contribution in [3.63, 3.8) is 0 Å². The maximum atomic E-state index is 12.2. The molecule has 0 fully saturated rings. The monoisotopic (exact) mass is 297 g/mol. The maximum absolute atomic E-state index is 12.2. The Morgan fingerprint density at radius 3 is 2.67 bits per heavy atom. The minimum Gasteiger partial charge on any atom is -0.508 e. The topological polar surface area (TPSA) is 49.3 Å². The summed E-state index contributed by atoms with van der Waals surface area (Å²) in [5, 5.41) is 15.1. The Morgan fingerprint density at radius 1 is 1.10 bits per heavy atom. The van der Waals surface area contributed by atoms with E-state index in [-0.39, 0.29) is 11.7 Å². The smallest absolute Gasteiger partial charge is 0.252 e. The van der Waals surface area contributed by atoms with E-state index in [0.717, 1.165) is 27.6 Å². The lowest BCUT2D eigenvalue weighted by molar-refractivity contribution is 0.0956. The lowest BCUT2D eigenvalue weighted by atomic mass is 10.1. The van der Waals surface area contributed by atoms with Crippen LogP contribution in [-0.2, 0) is 6.42 Å². The molecule has 106 valence electrons. The van der Waals surface area contributed by atoms with Gasteiger partial charge in [-0.2, -0.15) is 0 Å². The van der Waals surface area contributed by atoms with Gasteiger partial charge in [-0.05, 0) is 30.2 Å². The molecule has 0 saturated heterocycles. The van der Waals surface area contributed by atoms with Crippen LogP contribution in [0.3, 0.4) is 0 Å². The molecule has 3 nitrogen and oxygen atoms in total. The van der Waals surface area contributed by atoms with Crippen LogP contribution < -0.4 is 5.32 Å². The van der Waals surface area contributed by atoms with E-state index in [1.807, 2.05) is 41.8 Å². The molecule has 1 heterocycles. The normalized spacial score (nSPS) is 10.7. The van der Waals surface area contributed by atoms with Crippen LogP contribution in [0.2, 0.25) is 0 Å². The van der Waals surface area contributed by atoms with E-state index < -0.39 is 0 Å². The quantitative estimate of drug-likeness (QED) is 0.773. The number of nitrogens with one attached hydrogen (secondary N) is 1. The SMILES string of the molecule is O=C(NCCc1ccc(O)cc1)c1csc2ccccc12. The third-order valence-electron chi connectivity index (χ3n) is 3.36. The molecule has 21 heavy (non-hydrogen) atoms. The molecule has 2 aromatic carbocycles. The van der Waals surface area contributed by atoms with Gasteiger partial charge in [-0.15, -0.1) is 11.3 Å². The van der Waals surface area contributed by atoms with Crippen LogP contribution in [-0.4, -0.2) is 17.6 Å². The molecular formula is C17H15NO2S. The van der Waals surface area contributed by atoms with E-state index >= 15 is 0 Å². The van der Waals surface area contributed by atoms with Crippen molar-refractivity contribution < 1.29 is 9.90 Å². The number of phenolic OH excluding ortho intramolecular Hbond substituents is 1. The highest BCUT2D eigenvalue weighted by atomic mass is 32.1. The van der Waals surface area contributed by atoms with Gasteiger partial charge in [0.15, 0.2) is 0 Å². The highest BCUT2D eigenvalue weighted by molar-refractivity contribution is 7.17. The molecule has 4 heteroatoms. The summed E-state index contributed by atoms with van der Waals surface area (Å²) in [6.45, 7) is 0.577. The fraction of sp³-hybridized carbons (Fsp3) is 0.118. The number of carbonyl (C=O) groups is 1. The van der Waals surface area contributed by atoms with Gasteiger partial charge >= 0.3 is 0 Å². The fourth-order valence-corrected chi connectivity index (χ4v) is 3.17. The first-order valence-corrected chi connectivity index (χ1v) is 7.64. The van der Waals surface area contributed by atoms with Crippen molar-refractivity contribution >= 4 is 27.3 Å². The number of carbonyl (C=O) groups excluding carboxylic acids is 1. The van der Waals surface area contributed by atoms with Crippen LogP contribution >= 0.6 is 11.3 Å². The van der Waals surface area contributed by atoms with Crippen molar-refractivity contribution in [1.29, 1.82) is 0 Å². The average Bonchev–Trinajstić information content (AvgIpc) is 2.93. The van der Waals surface area contributed by atoms with Gasteiger partial charge in [-0.1, -0.05) is 30.3 Å². The number of aromatic hydroxyl groups is 1. The number of hydrogen-bond donors (Lipinski definition) is 2. The summed E-state index contributed by atoms with van der Waals surface area (Å²) in [7, 11) is 0. The lowest BCUT2D eigenvalue weighted by Gasteiger charge is -2.05. The Labute approximate surface area is 126 Å². The molecule has 0 radical (unpaired) electrons. The molecule has 0 saturated carbocycles. The molecule has 3 aromatic rings. The number of phenols is 1. The second kappa shape index (κ2) is 5.97. The second-order valence-corrected chi connectivity index (χ2v) is 5.73. The fourth-order valence-electron chi connectivity index (χ4n) is 2.23. The zero-order valence-electron chi connectivity index (χ0n) is 11.4. The molecule has 0 spiro atoms. The summed E-state index contributed by atoms with van der Waals surface area (Å²) in [6.07, 6.45) is 0.744. The largest absolute Gasteiger partial charge is 0.508 e. The third-order valence-corrected chi connectivity index (χ3v) is 4.32. The zero-order chi connectivity index (χ0) is 14.7. The first-order chi connectivity index (χ1) is 10.2. The van der Waals surface area contributed by atoms with Crippen LogP contribution in [0.25, 0.3) is 10.1 Å². The number of rotatable bonds is 4. The summed E-state index contributed by atoms with van der Waals surface area (Å²) in [6, 6.07) is 15.0. The van der Waals surface area contributed by atoms with Gasteiger partial charge < -0.3 is 10.4 Å². The van der Waals surface area contributed by atoms with Crippen molar-refractivity contribution in [3.8, 4) is 5.75 Å². The summed E-state index contributed by atoms with van der Waals surface area (Å²) in [4.78, 5) is 12.2. The molecule has 1 aromatic heterocycles. The third kappa shape index (κ3) is 3.06. The van der Waals surface area contributed by atoms with E-state index in [0.29, 0.717) is 6.54 Å². The van der Waals surface area contributed by atoms with Crippen LogP contribution in [0.5, 0.6) is 5.75 Å². The molecule has 3 rings (SSSR count). The number of amides is 1. The highest BCUT2D eigenvalue weighted by Crippen LogP contribution is 2.25. The minimum absolute atomic E-state index is 0.0359. The number of benzene rings is 2. The number of hydrogen-bond acceptors (Lipinski definition) is 3. The molecule has 0 unspecified atom stereocenters. The van der Waals surface area contributed by atoms with Crippen LogP contribution in [0, 0.1) is 0 Å². The molecule has 0 aliphatic carbocycles. The van der Waals surface area contributed by atoms with Crippen molar-refractivity contribution in [3.05, 3.63) is 65.0 Å². The maximum Gasteiger partial charge on any atom is 0.252 e. The molecule has 0 atom stereocenters. The van der Waals surface area contributed by atoms with Gasteiger partial charge in [-0.3, -0.25) is 4.79 Å². The molecule has 2 N–H and O–H groups in total. The summed E-state index contributed by atoms with van der Waals surface area (Å²) in [5.41, 5.74) is 1.82. The van der Waals surface area contributed by atoms with Crippen LogP contribution in [0.15, 0.2) is 53.9 Å². The predicted octanol–water partition coefficient (Wildman–Crippen LogP) is 3.58. The minimum atomic E-state index is -0.0359. The Bertz CT molecular complexity index is 762. The van der Waals surface area contributed by atoms with E-state index in [1.165, 1.54) is 0 Å². The first kappa shape index (κ1) is 13.6. The van der Waals surface area contributed by atoms with Gasteiger partial charge in [0, 0.05) is 22.0 Å². The Hall–Kier alpha value is -2.33. The summed E-state index contributed by atoms with van der Waals surface area (Å²) >= 11 is 1.59. The molecule has 0 aliphatic rings. The van der Waals surface area contributed by atoms with Gasteiger partial charge in [-0.25, -0.2) is 0 Å². The number of fused-ring (bicyclic) bond motifs is 1. The van der Waals surface area contributed by atoms with Crippen molar-refractivity contribution in [2.24, 2.45) is 0 Å². The Morgan fingerprint density at radius 2 is 1.86 bits per heavy atom. The van der Waals surface area contributed by atoms with Crippen molar-refractivity contribution in [1.82, 2.24) is 5.32 Å². The molecular weight excluding hydrogens is 282 g/mol. The van der Waals surface area contributed by atoms with Crippen molar-refractivity contribution in [2.75, 3.05) is 6.54 Å². The standard InChI is InChI=1S/C17H15NO2S/c19-13-7-5-12(6-8-13)9-10-18-17(20)15-11-21-16-4-2-1-3-14(15)16/h1-8,11,19H,9-10H2,(H,18,20). The molecule has 1 amide bonds. The van der Waals surface area contributed by atoms with E-state index in [4.69, 9.17) is 0 Å². The van der Waals surface area contributed by atoms with Gasteiger partial charge in [0.05, 0.1) is 5.56 Å². The first-order valence-electron chi connectivity index (χ1n) is 6.76. The zero-order valence-corrected chi connectivity index (χ0v) is 12.2. The van der Waals surface area contributed by atoms with E-state index in [2.05, 4.69) is 5.32 Å². The lowest BCUT2D eigenvalue weighted by Crippen LogP contribution is -2.25.